The molecule has 0 aliphatic rings. The normalized spacial score (nSPS) is 11.3. The van der Waals surface area contributed by atoms with Crippen LogP contribution in [-0.4, -0.2) is 33.7 Å². The minimum atomic E-state index is -3.52. The summed E-state index contributed by atoms with van der Waals surface area (Å²) >= 11 is 11.8. The Bertz CT molecular complexity index is 636. The van der Waals surface area contributed by atoms with Crippen molar-refractivity contribution in [1.29, 1.82) is 0 Å². The summed E-state index contributed by atoms with van der Waals surface area (Å²) in [6.45, 7) is 2.75. The molecule has 1 aromatic rings. The zero-order valence-corrected chi connectivity index (χ0v) is 15.6. The number of anilines is 1. The van der Waals surface area contributed by atoms with Crippen LogP contribution in [0.25, 0.3) is 0 Å². The second kappa shape index (κ2) is 9.35. The number of nitrogens with zero attached hydrogens (tertiary/aromatic N) is 1. The largest absolute Gasteiger partial charge is 0.356 e. The highest BCUT2D eigenvalue weighted by Gasteiger charge is 2.19. The molecule has 8 heteroatoms. The van der Waals surface area contributed by atoms with Crippen LogP contribution in [-0.2, 0) is 14.8 Å². The van der Waals surface area contributed by atoms with Crippen LogP contribution in [0.2, 0.25) is 10.0 Å². The number of unbranched alkanes of at least 4 members (excludes halogenated alkanes) is 2. The number of halogens is 2. The Morgan fingerprint density at radius 2 is 1.91 bits per heavy atom. The molecule has 0 saturated carbocycles. The van der Waals surface area contributed by atoms with Gasteiger partial charge in [-0.05, 0) is 24.6 Å². The summed E-state index contributed by atoms with van der Waals surface area (Å²) < 4.78 is 25.1. The van der Waals surface area contributed by atoms with Crippen LogP contribution in [0.15, 0.2) is 18.2 Å². The molecule has 0 fully saturated rings. The maximum absolute atomic E-state index is 12.0. The van der Waals surface area contributed by atoms with Crippen molar-refractivity contribution in [3.63, 3.8) is 0 Å². The second-order valence-corrected chi connectivity index (χ2v) is 7.96. The van der Waals surface area contributed by atoms with Gasteiger partial charge in [0, 0.05) is 19.5 Å². The fraction of sp³-hybridized carbons (Fsp3) is 0.533. The van der Waals surface area contributed by atoms with Crippen molar-refractivity contribution in [1.82, 2.24) is 5.32 Å². The summed E-state index contributed by atoms with van der Waals surface area (Å²) in [5.74, 6) is -0.171. The Morgan fingerprint density at radius 3 is 2.48 bits per heavy atom. The number of hydrogen-bond donors (Lipinski definition) is 1. The van der Waals surface area contributed by atoms with Gasteiger partial charge in [-0.25, -0.2) is 8.42 Å². The summed E-state index contributed by atoms with van der Waals surface area (Å²) in [6.07, 6.45) is 4.23. The molecule has 0 aliphatic heterocycles. The third-order valence-electron chi connectivity index (χ3n) is 3.24. The minimum Gasteiger partial charge on any atom is -0.356 e. The lowest BCUT2D eigenvalue weighted by molar-refractivity contribution is -0.120. The Balaban J connectivity index is 2.70. The van der Waals surface area contributed by atoms with Crippen molar-refractivity contribution >= 4 is 44.8 Å². The van der Waals surface area contributed by atoms with Crippen molar-refractivity contribution in [2.75, 3.05) is 23.7 Å². The Labute approximate surface area is 148 Å². The molecule has 5 nitrogen and oxygen atoms in total. The zero-order valence-electron chi connectivity index (χ0n) is 13.3. The van der Waals surface area contributed by atoms with E-state index in [4.69, 9.17) is 23.2 Å². The molecule has 1 amide bonds. The van der Waals surface area contributed by atoms with Crippen molar-refractivity contribution in [2.45, 2.75) is 32.6 Å². The number of sulfonamides is 1. The lowest BCUT2D eigenvalue weighted by Gasteiger charge is -2.22. The Hall–Kier alpha value is -0.980. The third kappa shape index (κ3) is 6.97. The monoisotopic (exact) mass is 380 g/mol. The van der Waals surface area contributed by atoms with Gasteiger partial charge in [-0.1, -0.05) is 43.0 Å². The first-order valence-corrected chi connectivity index (χ1v) is 10.1. The smallest absolute Gasteiger partial charge is 0.232 e. The van der Waals surface area contributed by atoms with Crippen LogP contribution in [0.3, 0.4) is 0 Å². The number of nitrogens with one attached hydrogen (secondary N) is 1. The van der Waals surface area contributed by atoms with Gasteiger partial charge in [-0.15, -0.1) is 0 Å². The number of benzene rings is 1. The molecule has 0 bridgehead atoms. The molecule has 0 atom stereocenters. The van der Waals surface area contributed by atoms with Gasteiger partial charge in [0.1, 0.15) is 0 Å². The maximum Gasteiger partial charge on any atom is 0.232 e. The van der Waals surface area contributed by atoms with E-state index in [-0.39, 0.29) is 23.9 Å². The highest BCUT2D eigenvalue weighted by Crippen LogP contribution is 2.28. The van der Waals surface area contributed by atoms with Crippen LogP contribution < -0.4 is 9.62 Å². The van der Waals surface area contributed by atoms with Gasteiger partial charge in [0.25, 0.3) is 0 Å². The number of amides is 1. The number of hydrogen-bond acceptors (Lipinski definition) is 3. The van der Waals surface area contributed by atoms with E-state index in [0.717, 1.165) is 29.8 Å². The summed E-state index contributed by atoms with van der Waals surface area (Å²) in [6, 6.07) is 4.57. The Morgan fingerprint density at radius 1 is 1.22 bits per heavy atom. The second-order valence-electron chi connectivity index (χ2n) is 5.24. The SMILES string of the molecule is CCCCCNC(=O)CCN(c1ccc(Cl)c(Cl)c1)S(C)(=O)=O. The summed E-state index contributed by atoms with van der Waals surface area (Å²) in [5, 5.41) is 3.40. The predicted molar refractivity (Wildman–Crippen MR) is 95.8 cm³/mol. The molecule has 1 N–H and O–H groups in total. The highest BCUT2D eigenvalue weighted by molar-refractivity contribution is 7.92. The van der Waals surface area contributed by atoms with Crippen LogP contribution >= 0.6 is 23.2 Å². The van der Waals surface area contributed by atoms with Gasteiger partial charge in [-0.3, -0.25) is 9.10 Å². The molecule has 130 valence electrons. The summed E-state index contributed by atoms with van der Waals surface area (Å²) in [4.78, 5) is 11.8. The van der Waals surface area contributed by atoms with Gasteiger partial charge in [0.15, 0.2) is 0 Å². The molecule has 0 unspecified atom stereocenters. The molecule has 0 aliphatic carbocycles. The number of carbonyl (C=O) groups excluding carboxylic acids is 1. The first kappa shape index (κ1) is 20.1. The molecule has 1 rings (SSSR count). The first-order valence-electron chi connectivity index (χ1n) is 7.45. The van der Waals surface area contributed by atoms with Crippen LogP contribution in [0.4, 0.5) is 5.69 Å². The zero-order chi connectivity index (χ0) is 17.5. The van der Waals surface area contributed by atoms with Crippen molar-refractivity contribution < 1.29 is 13.2 Å². The minimum absolute atomic E-state index is 0.0520. The molecule has 0 radical (unpaired) electrons. The van der Waals surface area contributed by atoms with Crippen LogP contribution in [0.5, 0.6) is 0 Å². The van der Waals surface area contributed by atoms with E-state index in [9.17, 15) is 13.2 Å². The number of carbonyl (C=O) groups is 1. The van der Waals surface area contributed by atoms with E-state index in [2.05, 4.69) is 12.2 Å². The molecule has 0 spiro atoms. The van der Waals surface area contributed by atoms with Crippen molar-refractivity contribution in [3.05, 3.63) is 28.2 Å². The van der Waals surface area contributed by atoms with Gasteiger partial charge in [-0.2, -0.15) is 0 Å². The fourth-order valence-corrected chi connectivity index (χ4v) is 3.23. The van der Waals surface area contributed by atoms with Gasteiger partial charge >= 0.3 is 0 Å². The average molecular weight is 381 g/mol. The summed E-state index contributed by atoms with van der Waals surface area (Å²) in [7, 11) is -3.52. The summed E-state index contributed by atoms with van der Waals surface area (Å²) in [5.41, 5.74) is 0.390. The molecule has 0 heterocycles. The van der Waals surface area contributed by atoms with Gasteiger partial charge in [0.2, 0.25) is 15.9 Å². The lowest BCUT2D eigenvalue weighted by atomic mass is 10.2. The van der Waals surface area contributed by atoms with E-state index >= 15 is 0 Å². The van der Waals surface area contributed by atoms with Gasteiger partial charge < -0.3 is 5.32 Å². The lowest BCUT2D eigenvalue weighted by Crippen LogP contribution is -2.34. The fourth-order valence-electron chi connectivity index (χ4n) is 2.02. The maximum atomic E-state index is 12.0. The van der Waals surface area contributed by atoms with E-state index in [1.807, 2.05) is 0 Å². The first-order chi connectivity index (χ1) is 10.8. The van der Waals surface area contributed by atoms with Crippen molar-refractivity contribution in [2.24, 2.45) is 0 Å². The standard InChI is InChI=1S/C15H22Cl2N2O3S/c1-3-4-5-9-18-15(20)8-10-19(23(2,21)22)12-6-7-13(16)14(17)11-12/h6-7,11H,3-5,8-10H2,1-2H3,(H,18,20). The highest BCUT2D eigenvalue weighted by atomic mass is 35.5. The van der Waals surface area contributed by atoms with E-state index in [1.54, 1.807) is 6.07 Å². The molecule has 23 heavy (non-hydrogen) atoms. The van der Waals surface area contributed by atoms with E-state index in [0.29, 0.717) is 17.3 Å². The van der Waals surface area contributed by atoms with E-state index in [1.165, 1.54) is 12.1 Å². The third-order valence-corrected chi connectivity index (χ3v) is 5.17. The Kier molecular flexibility index (Phi) is 8.16. The average Bonchev–Trinajstić information content (AvgIpc) is 2.46. The quantitative estimate of drug-likeness (QED) is 0.667. The van der Waals surface area contributed by atoms with Crippen LogP contribution in [0, 0.1) is 0 Å². The topological polar surface area (TPSA) is 66.5 Å². The number of rotatable bonds is 9. The van der Waals surface area contributed by atoms with Crippen LogP contribution in [0.1, 0.15) is 32.6 Å². The molecule has 0 aromatic heterocycles. The molecule has 0 saturated heterocycles. The van der Waals surface area contributed by atoms with Gasteiger partial charge in [0.05, 0.1) is 22.0 Å². The van der Waals surface area contributed by atoms with Crippen molar-refractivity contribution in [3.8, 4) is 0 Å². The molecular weight excluding hydrogens is 359 g/mol. The molecular formula is C15H22Cl2N2O3S. The van der Waals surface area contributed by atoms with E-state index < -0.39 is 10.0 Å². The molecule has 1 aromatic carbocycles. The predicted octanol–water partition coefficient (Wildman–Crippen LogP) is 3.46.